The predicted octanol–water partition coefficient (Wildman–Crippen LogP) is 3.92. The van der Waals surface area contributed by atoms with Crippen molar-refractivity contribution >= 4 is 23.2 Å². The molecule has 1 saturated heterocycles. The molecule has 0 unspecified atom stereocenters. The largest absolute Gasteiger partial charge is 0.495 e. The van der Waals surface area contributed by atoms with E-state index in [-0.39, 0.29) is 11.8 Å². The van der Waals surface area contributed by atoms with Gasteiger partial charge in [-0.05, 0) is 18.2 Å². The van der Waals surface area contributed by atoms with Crippen molar-refractivity contribution in [2.24, 2.45) is 0 Å². The number of methoxy groups -OCH3 is 1. The lowest BCUT2D eigenvalue weighted by Gasteiger charge is -2.17. The highest BCUT2D eigenvalue weighted by Crippen LogP contribution is 2.35. The number of hydrogen-bond donors (Lipinski definition) is 0. The zero-order chi connectivity index (χ0) is 18.1. The van der Waals surface area contributed by atoms with Gasteiger partial charge in [-0.2, -0.15) is 4.98 Å². The molecule has 0 saturated carbocycles. The number of benzene rings is 2. The second kappa shape index (κ2) is 6.80. The molecule has 0 radical (unpaired) electrons. The van der Waals surface area contributed by atoms with Crippen LogP contribution < -0.4 is 9.64 Å². The summed E-state index contributed by atoms with van der Waals surface area (Å²) in [5, 5.41) is 4.50. The van der Waals surface area contributed by atoms with E-state index in [2.05, 4.69) is 10.1 Å². The molecule has 6 nitrogen and oxygen atoms in total. The van der Waals surface area contributed by atoms with Crippen molar-refractivity contribution in [3.05, 3.63) is 59.4 Å². The molecule has 1 atom stereocenters. The van der Waals surface area contributed by atoms with Crippen molar-refractivity contribution in [1.82, 2.24) is 10.1 Å². The maximum absolute atomic E-state index is 12.5. The zero-order valence-corrected chi connectivity index (χ0v) is 14.8. The van der Waals surface area contributed by atoms with Crippen LogP contribution in [-0.4, -0.2) is 29.7 Å². The Bertz CT molecular complexity index is 942. The monoisotopic (exact) mass is 369 g/mol. The van der Waals surface area contributed by atoms with Gasteiger partial charge in [0, 0.05) is 24.2 Å². The molecule has 2 heterocycles. The first kappa shape index (κ1) is 16.6. The zero-order valence-electron chi connectivity index (χ0n) is 14.1. The minimum atomic E-state index is -0.145. The summed E-state index contributed by atoms with van der Waals surface area (Å²) in [6.45, 7) is 0.470. The molecular formula is C19H16ClN3O3. The third-order valence-corrected chi connectivity index (χ3v) is 4.69. The minimum absolute atomic E-state index is 0.00399. The number of amides is 1. The van der Waals surface area contributed by atoms with Gasteiger partial charge in [0.2, 0.25) is 17.6 Å². The molecule has 1 amide bonds. The Kier molecular flexibility index (Phi) is 4.34. The number of nitrogens with zero attached hydrogens (tertiary/aromatic N) is 3. The van der Waals surface area contributed by atoms with E-state index in [4.69, 9.17) is 20.9 Å². The van der Waals surface area contributed by atoms with E-state index in [0.29, 0.717) is 35.5 Å². The lowest BCUT2D eigenvalue weighted by molar-refractivity contribution is -0.117. The quantitative estimate of drug-likeness (QED) is 0.697. The summed E-state index contributed by atoms with van der Waals surface area (Å²) in [6.07, 6.45) is 0.320. The van der Waals surface area contributed by atoms with Crippen LogP contribution in [0, 0.1) is 0 Å². The molecule has 26 heavy (non-hydrogen) atoms. The highest BCUT2D eigenvalue weighted by atomic mass is 35.5. The van der Waals surface area contributed by atoms with Gasteiger partial charge < -0.3 is 14.2 Å². The Morgan fingerprint density at radius 2 is 2.04 bits per heavy atom. The average molecular weight is 370 g/mol. The fourth-order valence-corrected chi connectivity index (χ4v) is 3.30. The van der Waals surface area contributed by atoms with Gasteiger partial charge in [0.05, 0.1) is 18.1 Å². The third-order valence-electron chi connectivity index (χ3n) is 4.40. The summed E-state index contributed by atoms with van der Waals surface area (Å²) in [5.74, 6) is 1.42. The average Bonchev–Trinajstić information content (AvgIpc) is 3.29. The van der Waals surface area contributed by atoms with E-state index in [9.17, 15) is 4.79 Å². The van der Waals surface area contributed by atoms with E-state index in [0.717, 1.165) is 11.3 Å². The number of halogens is 1. The Labute approximate surface area is 155 Å². The van der Waals surface area contributed by atoms with Crippen LogP contribution in [0.3, 0.4) is 0 Å². The van der Waals surface area contributed by atoms with Crippen molar-refractivity contribution in [3.8, 4) is 17.1 Å². The van der Waals surface area contributed by atoms with Gasteiger partial charge in [-0.15, -0.1) is 0 Å². The van der Waals surface area contributed by atoms with E-state index in [1.807, 2.05) is 36.4 Å². The number of hydrogen-bond acceptors (Lipinski definition) is 5. The van der Waals surface area contributed by atoms with E-state index >= 15 is 0 Å². The highest BCUT2D eigenvalue weighted by Gasteiger charge is 2.35. The number of carbonyl (C=O) groups is 1. The van der Waals surface area contributed by atoms with Gasteiger partial charge in [0.15, 0.2) is 0 Å². The maximum Gasteiger partial charge on any atom is 0.232 e. The standard InChI is InChI=1S/C19H16ClN3O3/c1-25-16-8-7-14(10-15(16)20)23-11-13(9-17(23)24)19-21-18(22-26-19)12-5-3-2-4-6-12/h2-8,10,13H,9,11H2,1H3/t13-/m0/s1. The Morgan fingerprint density at radius 1 is 1.23 bits per heavy atom. The number of rotatable bonds is 4. The molecule has 4 rings (SSSR count). The summed E-state index contributed by atoms with van der Waals surface area (Å²) in [7, 11) is 1.55. The lowest BCUT2D eigenvalue weighted by Crippen LogP contribution is -2.24. The lowest BCUT2D eigenvalue weighted by atomic mass is 10.1. The second-order valence-corrected chi connectivity index (χ2v) is 6.45. The van der Waals surface area contributed by atoms with Crippen LogP contribution in [0.5, 0.6) is 5.75 Å². The first-order valence-electron chi connectivity index (χ1n) is 8.18. The normalized spacial score (nSPS) is 16.9. The molecule has 0 spiro atoms. The molecule has 1 aliphatic heterocycles. The van der Waals surface area contributed by atoms with Crippen LogP contribution in [-0.2, 0) is 4.79 Å². The smallest absolute Gasteiger partial charge is 0.232 e. The molecule has 0 aliphatic carbocycles. The van der Waals surface area contributed by atoms with E-state index in [1.54, 1.807) is 24.1 Å². The van der Waals surface area contributed by atoms with Gasteiger partial charge in [-0.25, -0.2) is 0 Å². The maximum atomic E-state index is 12.5. The summed E-state index contributed by atoms with van der Waals surface area (Å²) in [5.41, 5.74) is 1.61. The fourth-order valence-electron chi connectivity index (χ4n) is 3.05. The minimum Gasteiger partial charge on any atom is -0.495 e. The van der Waals surface area contributed by atoms with E-state index < -0.39 is 0 Å². The fraction of sp³-hybridized carbons (Fsp3) is 0.211. The summed E-state index contributed by atoms with van der Waals surface area (Å²) in [4.78, 5) is 18.6. The number of anilines is 1. The second-order valence-electron chi connectivity index (χ2n) is 6.05. The van der Waals surface area contributed by atoms with Crippen molar-refractivity contribution in [1.29, 1.82) is 0 Å². The summed E-state index contributed by atoms with van der Waals surface area (Å²) < 4.78 is 10.6. The number of ether oxygens (including phenoxy) is 1. The van der Waals surface area contributed by atoms with Crippen LogP contribution in [0.1, 0.15) is 18.2 Å². The third kappa shape index (κ3) is 3.04. The van der Waals surface area contributed by atoms with Crippen molar-refractivity contribution in [3.63, 3.8) is 0 Å². The van der Waals surface area contributed by atoms with Crippen molar-refractivity contribution in [2.75, 3.05) is 18.6 Å². The Morgan fingerprint density at radius 3 is 2.77 bits per heavy atom. The Hall–Kier alpha value is -2.86. The topological polar surface area (TPSA) is 68.5 Å². The molecule has 0 bridgehead atoms. The first-order valence-corrected chi connectivity index (χ1v) is 8.56. The van der Waals surface area contributed by atoms with Crippen LogP contribution in [0.25, 0.3) is 11.4 Å². The first-order chi connectivity index (χ1) is 12.7. The van der Waals surface area contributed by atoms with E-state index in [1.165, 1.54) is 0 Å². The Balaban J connectivity index is 1.55. The predicted molar refractivity (Wildman–Crippen MR) is 97.4 cm³/mol. The van der Waals surface area contributed by atoms with Crippen molar-refractivity contribution < 1.29 is 14.1 Å². The van der Waals surface area contributed by atoms with Crippen LogP contribution in [0.4, 0.5) is 5.69 Å². The summed E-state index contributed by atoms with van der Waals surface area (Å²) in [6, 6.07) is 14.9. The molecular weight excluding hydrogens is 354 g/mol. The molecule has 1 aromatic heterocycles. The van der Waals surface area contributed by atoms with Gasteiger partial charge >= 0.3 is 0 Å². The highest BCUT2D eigenvalue weighted by molar-refractivity contribution is 6.32. The van der Waals surface area contributed by atoms with Crippen LogP contribution >= 0.6 is 11.6 Å². The van der Waals surface area contributed by atoms with Crippen LogP contribution in [0.15, 0.2) is 53.1 Å². The van der Waals surface area contributed by atoms with Crippen LogP contribution in [0.2, 0.25) is 5.02 Å². The SMILES string of the molecule is COc1ccc(N2C[C@@H](c3nc(-c4ccccc4)no3)CC2=O)cc1Cl. The molecule has 7 heteroatoms. The number of carbonyl (C=O) groups excluding carboxylic acids is 1. The van der Waals surface area contributed by atoms with Crippen molar-refractivity contribution in [2.45, 2.75) is 12.3 Å². The molecule has 0 N–H and O–H groups in total. The molecule has 2 aromatic carbocycles. The van der Waals surface area contributed by atoms with Gasteiger partial charge in [-0.3, -0.25) is 4.79 Å². The molecule has 1 fully saturated rings. The molecule has 3 aromatic rings. The molecule has 1 aliphatic rings. The van der Waals surface area contributed by atoms with Gasteiger partial charge in [-0.1, -0.05) is 47.1 Å². The number of aromatic nitrogens is 2. The molecule has 132 valence electrons. The summed E-state index contributed by atoms with van der Waals surface area (Å²) >= 11 is 6.18. The van der Waals surface area contributed by atoms with Gasteiger partial charge in [0.1, 0.15) is 5.75 Å². The van der Waals surface area contributed by atoms with Gasteiger partial charge in [0.25, 0.3) is 0 Å².